The van der Waals surface area contributed by atoms with Gasteiger partial charge in [-0.2, -0.15) is 0 Å². The Morgan fingerprint density at radius 2 is 1.50 bits per heavy atom. The van der Waals surface area contributed by atoms with Crippen molar-refractivity contribution in [2.45, 2.75) is 58.5 Å². The number of carboxylic acid groups (broad SMARTS) is 1. The van der Waals surface area contributed by atoms with Crippen LogP contribution in [-0.2, 0) is 4.79 Å². The number of piperazine rings is 1. The first-order valence-corrected chi connectivity index (χ1v) is 11.4. The third-order valence-electron chi connectivity index (χ3n) is 6.35. The third kappa shape index (κ3) is 4.99. The van der Waals surface area contributed by atoms with Gasteiger partial charge in [0.1, 0.15) is 0 Å². The summed E-state index contributed by atoms with van der Waals surface area (Å²) < 4.78 is 0.867. The Labute approximate surface area is 187 Å². The molecule has 7 heteroatoms. The number of benzene rings is 1. The molecule has 166 valence electrons. The lowest BCUT2D eigenvalue weighted by Gasteiger charge is -2.52. The first kappa shape index (κ1) is 23.1. The first-order valence-electron chi connectivity index (χ1n) is 10.6. The molecule has 1 saturated heterocycles. The molecule has 1 aromatic carbocycles. The normalized spacial score (nSPS) is 23.7. The van der Waals surface area contributed by atoms with Crippen LogP contribution in [0.25, 0.3) is 0 Å². The molecule has 1 aromatic rings. The van der Waals surface area contributed by atoms with E-state index < -0.39 is 17.6 Å². The van der Waals surface area contributed by atoms with Crippen LogP contribution in [0, 0.1) is 10.8 Å². The van der Waals surface area contributed by atoms with Crippen LogP contribution in [0.15, 0.2) is 28.7 Å². The molecule has 2 amide bonds. The van der Waals surface area contributed by atoms with Gasteiger partial charge in [0.2, 0.25) is 5.91 Å². The summed E-state index contributed by atoms with van der Waals surface area (Å²) in [6.45, 7) is 9.92. The lowest BCUT2D eigenvalue weighted by Crippen LogP contribution is -2.57. The van der Waals surface area contributed by atoms with E-state index in [1.54, 1.807) is 4.90 Å². The van der Waals surface area contributed by atoms with Gasteiger partial charge >= 0.3 is 6.09 Å². The lowest BCUT2D eigenvalue weighted by molar-refractivity contribution is -0.151. The smallest absolute Gasteiger partial charge is 0.407 e. The second-order valence-corrected chi connectivity index (χ2v) is 11.5. The Hall–Kier alpha value is -1.60. The molecule has 0 spiro atoms. The van der Waals surface area contributed by atoms with Crippen molar-refractivity contribution in [3.05, 3.63) is 34.3 Å². The van der Waals surface area contributed by atoms with Crippen LogP contribution < -0.4 is 0 Å². The van der Waals surface area contributed by atoms with Crippen molar-refractivity contribution in [1.82, 2.24) is 9.80 Å². The van der Waals surface area contributed by atoms with Gasteiger partial charge in [0.05, 0.1) is 11.5 Å². The monoisotopic (exact) mass is 480 g/mol. The van der Waals surface area contributed by atoms with E-state index in [1.807, 2.05) is 24.3 Å². The van der Waals surface area contributed by atoms with E-state index in [0.717, 1.165) is 16.5 Å². The van der Waals surface area contributed by atoms with Crippen molar-refractivity contribution in [2.24, 2.45) is 10.8 Å². The SMILES string of the molecule is CC1(C)CC(C)(C)CC(O)(C(C(=O)N2CCN(C(=O)O)CC2)c2cccc(Br)c2)C1. The average molecular weight is 481 g/mol. The number of hydrogen-bond acceptors (Lipinski definition) is 3. The summed E-state index contributed by atoms with van der Waals surface area (Å²) in [5.74, 6) is -0.806. The minimum Gasteiger partial charge on any atom is -0.465 e. The molecular weight excluding hydrogens is 448 g/mol. The lowest BCUT2D eigenvalue weighted by atomic mass is 9.56. The fraction of sp³-hybridized carbons (Fsp3) is 0.652. The second-order valence-electron chi connectivity index (χ2n) is 10.5. The van der Waals surface area contributed by atoms with Gasteiger partial charge in [0.15, 0.2) is 0 Å². The van der Waals surface area contributed by atoms with E-state index in [2.05, 4.69) is 43.6 Å². The standard InChI is InChI=1S/C23H33BrN2O4/c1-21(2)13-22(3,4)15-23(30,14-21)18(16-6-5-7-17(24)12-16)19(27)25-8-10-26(11-9-25)20(28)29/h5-7,12,18,30H,8-11,13-15H2,1-4H3,(H,28,29). The highest BCUT2D eigenvalue weighted by atomic mass is 79.9. The molecule has 30 heavy (non-hydrogen) atoms. The van der Waals surface area contributed by atoms with Gasteiger partial charge in [-0.15, -0.1) is 0 Å². The summed E-state index contributed by atoms with van der Waals surface area (Å²) in [7, 11) is 0. The summed E-state index contributed by atoms with van der Waals surface area (Å²) >= 11 is 3.51. The molecular formula is C23H33BrN2O4. The van der Waals surface area contributed by atoms with E-state index in [9.17, 15) is 19.8 Å². The van der Waals surface area contributed by atoms with Crippen molar-refractivity contribution >= 4 is 27.9 Å². The maximum absolute atomic E-state index is 13.8. The molecule has 1 heterocycles. The van der Waals surface area contributed by atoms with Gasteiger partial charge in [-0.05, 0) is 47.8 Å². The van der Waals surface area contributed by atoms with Crippen molar-refractivity contribution < 1.29 is 19.8 Å². The number of amides is 2. The van der Waals surface area contributed by atoms with Gasteiger partial charge in [0, 0.05) is 30.7 Å². The topological polar surface area (TPSA) is 81.1 Å². The molecule has 1 atom stereocenters. The fourth-order valence-corrected chi connectivity index (χ4v) is 6.43. The summed E-state index contributed by atoms with van der Waals surface area (Å²) in [5, 5.41) is 21.2. The molecule has 1 saturated carbocycles. The zero-order valence-electron chi connectivity index (χ0n) is 18.3. The van der Waals surface area contributed by atoms with Crippen LogP contribution in [-0.4, -0.2) is 63.8 Å². The Bertz CT molecular complexity index is 799. The van der Waals surface area contributed by atoms with Crippen LogP contribution in [0.2, 0.25) is 0 Å². The molecule has 2 fully saturated rings. The number of halogens is 1. The van der Waals surface area contributed by atoms with Gasteiger partial charge in [-0.25, -0.2) is 4.79 Å². The van der Waals surface area contributed by atoms with Gasteiger partial charge in [-0.3, -0.25) is 4.79 Å². The summed E-state index contributed by atoms with van der Waals surface area (Å²) in [6.07, 6.45) is 1.11. The van der Waals surface area contributed by atoms with E-state index >= 15 is 0 Å². The maximum atomic E-state index is 13.8. The molecule has 0 aromatic heterocycles. The van der Waals surface area contributed by atoms with E-state index in [4.69, 9.17) is 0 Å². The van der Waals surface area contributed by atoms with Crippen molar-refractivity contribution in [3.8, 4) is 0 Å². The average Bonchev–Trinajstić information content (AvgIpc) is 2.58. The Balaban J connectivity index is 1.97. The zero-order chi connectivity index (χ0) is 22.3. The minimum atomic E-state index is -1.17. The predicted molar refractivity (Wildman–Crippen MR) is 119 cm³/mol. The van der Waals surface area contributed by atoms with Gasteiger partial charge < -0.3 is 20.0 Å². The highest BCUT2D eigenvalue weighted by Crippen LogP contribution is 2.54. The van der Waals surface area contributed by atoms with Crippen molar-refractivity contribution in [2.75, 3.05) is 26.2 Å². The minimum absolute atomic E-state index is 0.0942. The molecule has 1 aliphatic carbocycles. The number of carbonyl (C=O) groups excluding carboxylic acids is 1. The summed E-state index contributed by atoms with van der Waals surface area (Å²) in [5.41, 5.74) is -0.565. The number of aliphatic hydroxyl groups is 1. The van der Waals surface area contributed by atoms with Crippen molar-refractivity contribution in [3.63, 3.8) is 0 Å². The van der Waals surface area contributed by atoms with Crippen LogP contribution >= 0.6 is 15.9 Å². The highest BCUT2D eigenvalue weighted by Gasteiger charge is 2.53. The molecule has 1 aliphatic heterocycles. The largest absolute Gasteiger partial charge is 0.465 e. The Morgan fingerprint density at radius 3 is 2.00 bits per heavy atom. The third-order valence-corrected chi connectivity index (χ3v) is 6.85. The van der Waals surface area contributed by atoms with Crippen molar-refractivity contribution in [1.29, 1.82) is 0 Å². The number of nitrogens with zero attached hydrogens (tertiary/aromatic N) is 2. The molecule has 0 radical (unpaired) electrons. The van der Waals surface area contributed by atoms with E-state index in [1.165, 1.54) is 4.90 Å². The van der Waals surface area contributed by atoms with Gasteiger partial charge in [-0.1, -0.05) is 55.8 Å². The molecule has 3 rings (SSSR count). The van der Waals surface area contributed by atoms with Crippen LogP contribution in [0.4, 0.5) is 4.79 Å². The van der Waals surface area contributed by atoms with Crippen LogP contribution in [0.1, 0.15) is 58.4 Å². The number of rotatable bonds is 3. The van der Waals surface area contributed by atoms with Crippen LogP contribution in [0.3, 0.4) is 0 Å². The molecule has 1 unspecified atom stereocenters. The second kappa shape index (κ2) is 8.15. The number of hydrogen-bond donors (Lipinski definition) is 2. The molecule has 0 bridgehead atoms. The highest BCUT2D eigenvalue weighted by molar-refractivity contribution is 9.10. The summed E-state index contributed by atoms with van der Waals surface area (Å²) in [6, 6.07) is 7.63. The van der Waals surface area contributed by atoms with E-state index in [0.29, 0.717) is 39.0 Å². The number of carbonyl (C=O) groups is 2. The van der Waals surface area contributed by atoms with Crippen LogP contribution in [0.5, 0.6) is 0 Å². The fourth-order valence-electron chi connectivity index (χ4n) is 6.01. The first-order chi connectivity index (χ1) is 13.8. The van der Waals surface area contributed by atoms with Gasteiger partial charge in [0.25, 0.3) is 0 Å². The predicted octanol–water partition coefficient (Wildman–Crippen LogP) is 4.32. The Kier molecular flexibility index (Phi) is 6.27. The quantitative estimate of drug-likeness (QED) is 0.674. The van der Waals surface area contributed by atoms with E-state index in [-0.39, 0.29) is 16.7 Å². The maximum Gasteiger partial charge on any atom is 0.407 e. The summed E-state index contributed by atoms with van der Waals surface area (Å²) in [4.78, 5) is 28.1. The zero-order valence-corrected chi connectivity index (χ0v) is 19.9. The molecule has 2 aliphatic rings. The molecule has 2 N–H and O–H groups in total. The molecule has 6 nitrogen and oxygen atoms in total. The Morgan fingerprint density at radius 1 is 0.967 bits per heavy atom.